The second-order valence-corrected chi connectivity index (χ2v) is 6.33. The Hall–Kier alpha value is -3.40. The van der Waals surface area contributed by atoms with Crippen molar-refractivity contribution in [2.45, 2.75) is 6.18 Å². The van der Waals surface area contributed by atoms with Crippen LogP contribution in [0.3, 0.4) is 0 Å². The fraction of sp³-hybridized carbons (Fsp3) is 0.111. The molecule has 0 spiro atoms. The molecule has 0 fully saturated rings. The first-order valence-corrected chi connectivity index (χ1v) is 8.48. The molecular weight excluding hydrogens is 411 g/mol. The summed E-state index contributed by atoms with van der Waals surface area (Å²) in [6.45, 7) is 0. The highest BCUT2D eigenvalue weighted by Gasteiger charge is 2.36. The number of hydrogen-bond acceptors (Lipinski definition) is 6. The van der Waals surface area contributed by atoms with Gasteiger partial charge in [-0.1, -0.05) is 11.6 Å². The van der Waals surface area contributed by atoms with Crippen molar-refractivity contribution in [3.8, 4) is 0 Å². The third kappa shape index (κ3) is 4.72. The molecule has 1 N–H and O–H groups in total. The number of aromatic nitrogens is 2. The second kappa shape index (κ2) is 7.92. The highest BCUT2D eigenvalue weighted by Crippen LogP contribution is 2.37. The maximum Gasteiger partial charge on any atom is 0.421 e. The first-order valence-electron chi connectivity index (χ1n) is 8.10. The van der Waals surface area contributed by atoms with Crippen LogP contribution in [0, 0.1) is 10.1 Å². The summed E-state index contributed by atoms with van der Waals surface area (Å²) in [5.41, 5.74) is -0.299. The minimum absolute atomic E-state index is 0.0948. The number of rotatable bonds is 5. The van der Waals surface area contributed by atoms with Gasteiger partial charge in [-0.05, 0) is 36.4 Å². The summed E-state index contributed by atoms with van der Waals surface area (Å²) in [5, 5.41) is 13.9. The van der Waals surface area contributed by atoms with E-state index in [-0.39, 0.29) is 17.5 Å². The number of hydrogen-bond donors (Lipinski definition) is 1. The van der Waals surface area contributed by atoms with Crippen LogP contribution in [0.5, 0.6) is 0 Å². The van der Waals surface area contributed by atoms with E-state index < -0.39 is 16.7 Å². The third-order valence-electron chi connectivity index (χ3n) is 3.94. The molecule has 7 nitrogen and oxygen atoms in total. The molecule has 0 bridgehead atoms. The Labute approximate surface area is 167 Å². The van der Waals surface area contributed by atoms with Crippen LogP contribution in [-0.2, 0) is 6.18 Å². The zero-order chi connectivity index (χ0) is 21.2. The highest BCUT2D eigenvalue weighted by atomic mass is 35.5. The molecule has 1 aromatic heterocycles. The predicted octanol–water partition coefficient (Wildman–Crippen LogP) is 5.57. The number of nitrogens with zero attached hydrogens (tertiary/aromatic N) is 4. The molecule has 150 valence electrons. The molecule has 0 unspecified atom stereocenters. The lowest BCUT2D eigenvalue weighted by molar-refractivity contribution is -0.384. The third-order valence-corrected chi connectivity index (χ3v) is 4.19. The number of anilines is 4. The molecule has 0 aliphatic heterocycles. The van der Waals surface area contributed by atoms with Crippen LogP contribution in [-0.4, -0.2) is 21.9 Å². The molecule has 0 amide bonds. The van der Waals surface area contributed by atoms with Crippen molar-refractivity contribution in [1.29, 1.82) is 0 Å². The van der Waals surface area contributed by atoms with Crippen LogP contribution >= 0.6 is 11.6 Å². The zero-order valence-electron chi connectivity index (χ0n) is 14.8. The Morgan fingerprint density at radius 1 is 1.10 bits per heavy atom. The molecule has 1 heterocycles. The topological polar surface area (TPSA) is 84.2 Å². The van der Waals surface area contributed by atoms with Gasteiger partial charge in [0.05, 0.1) is 4.92 Å². The summed E-state index contributed by atoms with van der Waals surface area (Å²) < 4.78 is 40.4. The van der Waals surface area contributed by atoms with E-state index in [0.717, 1.165) is 0 Å². The Bertz CT molecular complexity index is 1030. The largest absolute Gasteiger partial charge is 0.421 e. The first-order chi connectivity index (χ1) is 13.6. The van der Waals surface area contributed by atoms with Gasteiger partial charge in [-0.15, -0.1) is 0 Å². The van der Waals surface area contributed by atoms with E-state index in [2.05, 4.69) is 15.3 Å². The summed E-state index contributed by atoms with van der Waals surface area (Å²) in [6.07, 6.45) is -3.98. The lowest BCUT2D eigenvalue weighted by Crippen LogP contribution is -2.19. The van der Waals surface area contributed by atoms with Gasteiger partial charge in [0.2, 0.25) is 5.95 Å². The molecule has 0 saturated heterocycles. The Morgan fingerprint density at radius 3 is 2.28 bits per heavy atom. The highest BCUT2D eigenvalue weighted by molar-refractivity contribution is 6.30. The number of halogens is 4. The van der Waals surface area contributed by atoms with Crippen LogP contribution in [0.25, 0.3) is 0 Å². The molecule has 0 radical (unpaired) electrons. The van der Waals surface area contributed by atoms with Gasteiger partial charge in [-0.3, -0.25) is 10.1 Å². The molecule has 3 aromatic rings. The number of nitro groups is 1. The fourth-order valence-electron chi connectivity index (χ4n) is 2.47. The number of benzene rings is 2. The van der Waals surface area contributed by atoms with Gasteiger partial charge in [-0.2, -0.15) is 18.2 Å². The summed E-state index contributed by atoms with van der Waals surface area (Å²) in [5.74, 6) is -0.457. The van der Waals surface area contributed by atoms with Crippen LogP contribution in [0.2, 0.25) is 5.02 Å². The van der Waals surface area contributed by atoms with E-state index in [4.69, 9.17) is 11.6 Å². The molecule has 0 atom stereocenters. The number of nitro benzene ring substituents is 1. The van der Waals surface area contributed by atoms with Crippen molar-refractivity contribution in [2.75, 3.05) is 17.3 Å². The van der Waals surface area contributed by atoms with Crippen molar-refractivity contribution in [2.24, 2.45) is 0 Å². The quantitative estimate of drug-likeness (QED) is 0.426. The zero-order valence-corrected chi connectivity index (χ0v) is 15.6. The molecular formula is C18H13ClF3N5O2. The molecule has 0 aliphatic carbocycles. The molecule has 3 rings (SSSR count). The minimum Gasteiger partial charge on any atom is -0.329 e. The smallest absolute Gasteiger partial charge is 0.329 e. The van der Waals surface area contributed by atoms with E-state index in [1.54, 1.807) is 24.3 Å². The second-order valence-electron chi connectivity index (χ2n) is 5.89. The summed E-state index contributed by atoms with van der Waals surface area (Å²) in [7, 11) is 1.44. The van der Waals surface area contributed by atoms with Gasteiger partial charge < -0.3 is 10.2 Å². The lowest BCUT2D eigenvalue weighted by atomic mass is 10.2. The Balaban J connectivity index is 1.97. The van der Waals surface area contributed by atoms with E-state index in [9.17, 15) is 23.3 Å². The summed E-state index contributed by atoms with van der Waals surface area (Å²) in [6, 6.07) is 11.6. The molecule has 0 aliphatic rings. The van der Waals surface area contributed by atoms with Gasteiger partial charge >= 0.3 is 6.18 Å². The summed E-state index contributed by atoms with van der Waals surface area (Å²) >= 11 is 5.84. The van der Waals surface area contributed by atoms with E-state index in [1.165, 1.54) is 36.2 Å². The number of alkyl halides is 3. The molecule has 0 saturated carbocycles. The van der Waals surface area contributed by atoms with Crippen molar-refractivity contribution in [1.82, 2.24) is 9.97 Å². The van der Waals surface area contributed by atoms with Gasteiger partial charge in [0, 0.05) is 41.8 Å². The SMILES string of the molecule is CN(c1ccc(Cl)cc1)c1nc(Nc2ccc([N+](=O)[O-])cc2)ncc1C(F)(F)F. The van der Waals surface area contributed by atoms with Crippen molar-refractivity contribution in [3.63, 3.8) is 0 Å². The Morgan fingerprint density at radius 2 is 1.72 bits per heavy atom. The maximum absolute atomic E-state index is 13.5. The fourth-order valence-corrected chi connectivity index (χ4v) is 2.60. The van der Waals surface area contributed by atoms with Gasteiger partial charge in [0.1, 0.15) is 5.56 Å². The van der Waals surface area contributed by atoms with Crippen LogP contribution in [0.15, 0.2) is 54.7 Å². The monoisotopic (exact) mass is 423 g/mol. The molecule has 29 heavy (non-hydrogen) atoms. The van der Waals surface area contributed by atoms with Crippen LogP contribution < -0.4 is 10.2 Å². The van der Waals surface area contributed by atoms with Crippen molar-refractivity contribution < 1.29 is 18.1 Å². The van der Waals surface area contributed by atoms with Crippen molar-refractivity contribution in [3.05, 3.63) is 75.4 Å². The van der Waals surface area contributed by atoms with E-state index in [0.29, 0.717) is 22.6 Å². The normalized spacial score (nSPS) is 11.2. The van der Waals surface area contributed by atoms with Crippen molar-refractivity contribution >= 4 is 40.4 Å². The average molecular weight is 424 g/mol. The van der Waals surface area contributed by atoms with E-state index in [1.807, 2.05) is 0 Å². The van der Waals surface area contributed by atoms with Crippen LogP contribution in [0.1, 0.15) is 5.56 Å². The van der Waals surface area contributed by atoms with Crippen LogP contribution in [0.4, 0.5) is 42.0 Å². The standard InChI is InChI=1S/C18H13ClF3N5O2/c1-26(13-6-2-11(19)3-7-13)16-15(18(20,21)22)10-23-17(25-16)24-12-4-8-14(9-5-12)27(28)29/h2-10H,1H3,(H,23,24,25). The predicted molar refractivity (Wildman–Crippen MR) is 103 cm³/mol. The molecule has 2 aromatic carbocycles. The molecule has 11 heteroatoms. The number of nitrogens with one attached hydrogen (secondary N) is 1. The average Bonchev–Trinajstić information content (AvgIpc) is 2.67. The Kier molecular flexibility index (Phi) is 5.55. The lowest BCUT2D eigenvalue weighted by Gasteiger charge is -2.23. The minimum atomic E-state index is -4.66. The maximum atomic E-state index is 13.5. The first kappa shape index (κ1) is 20.3. The summed E-state index contributed by atoms with van der Waals surface area (Å²) in [4.78, 5) is 19.2. The van der Waals surface area contributed by atoms with Gasteiger partial charge in [0.25, 0.3) is 5.69 Å². The van der Waals surface area contributed by atoms with Gasteiger partial charge in [0.15, 0.2) is 5.82 Å². The van der Waals surface area contributed by atoms with Gasteiger partial charge in [-0.25, -0.2) is 4.98 Å². The van der Waals surface area contributed by atoms with E-state index >= 15 is 0 Å². The number of non-ortho nitro benzene ring substituents is 1.